The maximum atomic E-state index is 11.9. The Balaban J connectivity index is 0.00000200. The fraction of sp³-hybridized carbons (Fsp3) is 0.286. The van der Waals surface area contributed by atoms with Crippen LogP contribution in [0.1, 0.15) is 17.0 Å². The number of nitrogens with two attached hydrogens (primary N) is 1. The Morgan fingerprint density at radius 1 is 1.24 bits per heavy atom. The van der Waals surface area contributed by atoms with Crippen LogP contribution < -0.4 is 11.1 Å². The molecule has 1 amide bonds. The first-order chi connectivity index (χ1) is 9.08. The zero-order chi connectivity index (χ0) is 13.8. The second-order valence-electron chi connectivity index (χ2n) is 4.53. The Morgan fingerprint density at radius 2 is 1.86 bits per heavy atom. The van der Waals surface area contributed by atoms with Crippen molar-refractivity contribution in [1.82, 2.24) is 9.78 Å². The van der Waals surface area contributed by atoms with E-state index in [-0.39, 0.29) is 37.3 Å². The molecular formula is C14H20Cl2N4O. The second kappa shape index (κ2) is 8.67. The van der Waals surface area contributed by atoms with Crippen LogP contribution in [0.15, 0.2) is 30.3 Å². The number of hydrogen-bond donors (Lipinski definition) is 2. The van der Waals surface area contributed by atoms with Gasteiger partial charge in [-0.25, -0.2) is 0 Å². The lowest BCUT2D eigenvalue weighted by molar-refractivity contribution is -0.116. The highest BCUT2D eigenvalue weighted by atomic mass is 35.5. The molecule has 0 saturated carbocycles. The number of benzene rings is 1. The van der Waals surface area contributed by atoms with Gasteiger partial charge in [0.25, 0.3) is 0 Å². The van der Waals surface area contributed by atoms with Crippen LogP contribution in [0.5, 0.6) is 0 Å². The van der Waals surface area contributed by atoms with Gasteiger partial charge in [-0.05, 0) is 37.6 Å². The predicted molar refractivity (Wildman–Crippen MR) is 89.2 cm³/mol. The molecule has 0 fully saturated rings. The molecule has 0 atom stereocenters. The molecule has 21 heavy (non-hydrogen) atoms. The molecule has 0 aliphatic rings. The van der Waals surface area contributed by atoms with E-state index >= 15 is 0 Å². The van der Waals surface area contributed by atoms with Gasteiger partial charge in [0, 0.05) is 17.9 Å². The van der Waals surface area contributed by atoms with Gasteiger partial charge in [-0.2, -0.15) is 5.10 Å². The summed E-state index contributed by atoms with van der Waals surface area (Å²) in [7, 11) is 0. The zero-order valence-electron chi connectivity index (χ0n) is 12.0. The van der Waals surface area contributed by atoms with Gasteiger partial charge < -0.3 is 11.1 Å². The lowest BCUT2D eigenvalue weighted by atomic mass is 10.2. The standard InChI is InChI=1S/C14H18N4O.2ClH/c1-10-7-11(2)18(17-10)9-14(19)16-13-5-3-12(8-15)4-6-13;;/h3-7H,8-9,15H2,1-2H3,(H,16,19);2*1H. The van der Waals surface area contributed by atoms with Crippen molar-refractivity contribution < 1.29 is 4.79 Å². The van der Waals surface area contributed by atoms with Crippen LogP contribution in [0.2, 0.25) is 0 Å². The third-order valence-electron chi connectivity index (χ3n) is 2.87. The number of rotatable bonds is 4. The smallest absolute Gasteiger partial charge is 0.246 e. The van der Waals surface area contributed by atoms with E-state index in [1.165, 1.54) is 0 Å². The van der Waals surface area contributed by atoms with E-state index in [1.54, 1.807) is 4.68 Å². The van der Waals surface area contributed by atoms with Crippen LogP contribution in [0.25, 0.3) is 0 Å². The number of nitrogens with one attached hydrogen (secondary N) is 1. The van der Waals surface area contributed by atoms with Crippen molar-refractivity contribution in [3.05, 3.63) is 47.3 Å². The predicted octanol–water partition coefficient (Wildman–Crippen LogP) is 2.44. The van der Waals surface area contributed by atoms with E-state index in [0.29, 0.717) is 6.54 Å². The molecule has 0 radical (unpaired) electrons. The Labute approximate surface area is 136 Å². The monoisotopic (exact) mass is 330 g/mol. The quantitative estimate of drug-likeness (QED) is 0.904. The lowest BCUT2D eigenvalue weighted by Crippen LogP contribution is -2.20. The number of aryl methyl sites for hydroxylation is 2. The Kier molecular flexibility index (Phi) is 8.02. The van der Waals surface area contributed by atoms with Gasteiger partial charge in [-0.3, -0.25) is 9.48 Å². The first-order valence-corrected chi connectivity index (χ1v) is 6.18. The minimum atomic E-state index is -0.0910. The molecule has 0 unspecified atom stereocenters. The average molecular weight is 331 g/mol. The number of nitrogens with zero attached hydrogens (tertiary/aromatic N) is 2. The molecule has 0 aliphatic carbocycles. The van der Waals surface area contributed by atoms with Crippen LogP contribution in [0.4, 0.5) is 5.69 Å². The molecule has 2 aromatic rings. The fourth-order valence-electron chi connectivity index (χ4n) is 1.90. The molecule has 0 bridgehead atoms. The minimum Gasteiger partial charge on any atom is -0.326 e. The Bertz CT molecular complexity index is 581. The molecule has 1 heterocycles. The van der Waals surface area contributed by atoms with E-state index in [1.807, 2.05) is 44.2 Å². The number of hydrogen-bond acceptors (Lipinski definition) is 3. The van der Waals surface area contributed by atoms with E-state index in [2.05, 4.69) is 10.4 Å². The molecule has 3 N–H and O–H groups in total. The van der Waals surface area contributed by atoms with Crippen LogP contribution in [0, 0.1) is 13.8 Å². The highest BCUT2D eigenvalue weighted by Crippen LogP contribution is 2.09. The number of aromatic nitrogens is 2. The summed E-state index contributed by atoms with van der Waals surface area (Å²) >= 11 is 0. The van der Waals surface area contributed by atoms with Gasteiger partial charge in [0.2, 0.25) is 5.91 Å². The second-order valence-corrected chi connectivity index (χ2v) is 4.53. The van der Waals surface area contributed by atoms with Gasteiger partial charge in [-0.15, -0.1) is 24.8 Å². The number of amides is 1. The van der Waals surface area contributed by atoms with Crippen molar-refractivity contribution in [3.63, 3.8) is 0 Å². The van der Waals surface area contributed by atoms with E-state index in [0.717, 1.165) is 22.6 Å². The molecule has 0 saturated heterocycles. The summed E-state index contributed by atoms with van der Waals surface area (Å²) in [6.07, 6.45) is 0. The molecule has 2 rings (SSSR count). The highest BCUT2D eigenvalue weighted by molar-refractivity contribution is 5.90. The largest absolute Gasteiger partial charge is 0.326 e. The van der Waals surface area contributed by atoms with Gasteiger partial charge in [0.1, 0.15) is 6.54 Å². The normalized spacial score (nSPS) is 9.48. The van der Waals surface area contributed by atoms with Gasteiger partial charge in [0.15, 0.2) is 0 Å². The number of anilines is 1. The van der Waals surface area contributed by atoms with Crippen LogP contribution in [-0.2, 0) is 17.9 Å². The van der Waals surface area contributed by atoms with Crippen molar-refractivity contribution in [2.45, 2.75) is 26.9 Å². The van der Waals surface area contributed by atoms with Crippen molar-refractivity contribution in [3.8, 4) is 0 Å². The van der Waals surface area contributed by atoms with E-state index < -0.39 is 0 Å². The lowest BCUT2D eigenvalue weighted by Gasteiger charge is -2.07. The maximum Gasteiger partial charge on any atom is 0.246 e. The molecule has 0 aliphatic heterocycles. The maximum absolute atomic E-state index is 11.9. The average Bonchev–Trinajstić information content (AvgIpc) is 2.68. The van der Waals surface area contributed by atoms with Crippen molar-refractivity contribution >= 4 is 36.4 Å². The van der Waals surface area contributed by atoms with Crippen LogP contribution in [-0.4, -0.2) is 15.7 Å². The molecule has 1 aromatic heterocycles. The topological polar surface area (TPSA) is 72.9 Å². The molecule has 116 valence electrons. The molecule has 1 aromatic carbocycles. The molecule has 0 spiro atoms. The summed E-state index contributed by atoms with van der Waals surface area (Å²) in [6, 6.07) is 9.45. The first-order valence-electron chi connectivity index (χ1n) is 6.18. The Morgan fingerprint density at radius 3 is 2.33 bits per heavy atom. The SMILES string of the molecule is Cc1cc(C)n(CC(=O)Nc2ccc(CN)cc2)n1.Cl.Cl. The third-order valence-corrected chi connectivity index (χ3v) is 2.87. The summed E-state index contributed by atoms with van der Waals surface area (Å²) in [5.74, 6) is -0.0910. The number of carbonyl (C=O) groups excluding carboxylic acids is 1. The minimum absolute atomic E-state index is 0. The summed E-state index contributed by atoms with van der Waals surface area (Å²) < 4.78 is 1.69. The number of halogens is 2. The summed E-state index contributed by atoms with van der Waals surface area (Å²) in [6.45, 7) is 4.56. The van der Waals surface area contributed by atoms with E-state index in [4.69, 9.17) is 5.73 Å². The summed E-state index contributed by atoms with van der Waals surface area (Å²) in [4.78, 5) is 11.9. The summed E-state index contributed by atoms with van der Waals surface area (Å²) in [5, 5.41) is 7.10. The fourth-order valence-corrected chi connectivity index (χ4v) is 1.90. The first kappa shape index (κ1) is 19.4. The molecule has 7 heteroatoms. The van der Waals surface area contributed by atoms with Gasteiger partial charge in [0.05, 0.1) is 5.69 Å². The van der Waals surface area contributed by atoms with Crippen molar-refractivity contribution in [1.29, 1.82) is 0 Å². The third kappa shape index (κ3) is 5.38. The van der Waals surface area contributed by atoms with Crippen molar-refractivity contribution in [2.24, 2.45) is 5.73 Å². The van der Waals surface area contributed by atoms with Gasteiger partial charge in [-0.1, -0.05) is 12.1 Å². The summed E-state index contributed by atoms with van der Waals surface area (Å²) in [5.41, 5.74) is 9.22. The van der Waals surface area contributed by atoms with Crippen molar-refractivity contribution in [2.75, 3.05) is 5.32 Å². The van der Waals surface area contributed by atoms with Crippen LogP contribution >= 0.6 is 24.8 Å². The van der Waals surface area contributed by atoms with Crippen LogP contribution in [0.3, 0.4) is 0 Å². The number of carbonyl (C=O) groups is 1. The molecule has 5 nitrogen and oxygen atoms in total. The Hall–Kier alpha value is -1.56. The van der Waals surface area contributed by atoms with Gasteiger partial charge >= 0.3 is 0 Å². The molecular weight excluding hydrogens is 311 g/mol. The van der Waals surface area contributed by atoms with E-state index in [9.17, 15) is 4.79 Å². The highest BCUT2D eigenvalue weighted by Gasteiger charge is 2.07. The zero-order valence-corrected chi connectivity index (χ0v) is 13.6.